The molecule has 0 fully saturated rings. The monoisotopic (exact) mass is 790 g/mol. The largest absolute Gasteiger partial charge is 0.480 e. The topological polar surface area (TPSA) is 172 Å². The number of carboxylic acids is 1. The number of carboxylic acid groups (broad SMARTS) is 1. The number of esters is 2. The Bertz CT molecular complexity index is 979. The molecular formula is C42H80NO10P. The standard InChI is InChI=1S/C42H80NO10P/c1-3-5-7-9-11-13-15-17-19-21-23-25-27-29-31-33-40(44)50-35-38(36-51-54(48,49)52-37-39(43)42(46)47)53-41(45)34-32-30-28-26-24-22-20-18-16-14-12-10-8-6-4-2/h24,26,38-39H,3-23,25,27-37,43H2,1-2H3,(H,46,47)(H,48,49)/b26-24+/t38-,39+/m1/s1. The van der Waals surface area contributed by atoms with Gasteiger partial charge in [-0.15, -0.1) is 0 Å². The summed E-state index contributed by atoms with van der Waals surface area (Å²) in [4.78, 5) is 45.9. The van der Waals surface area contributed by atoms with E-state index in [9.17, 15) is 23.8 Å². The first-order valence-corrected chi connectivity index (χ1v) is 23.2. The lowest BCUT2D eigenvalue weighted by molar-refractivity contribution is -0.161. The second kappa shape index (κ2) is 38.1. The van der Waals surface area contributed by atoms with Crippen LogP contribution in [0, 0.1) is 0 Å². The molecule has 1 unspecified atom stereocenters. The Morgan fingerprint density at radius 3 is 1.39 bits per heavy atom. The van der Waals surface area contributed by atoms with Crippen LogP contribution in [0.3, 0.4) is 0 Å². The van der Waals surface area contributed by atoms with Gasteiger partial charge in [0.05, 0.1) is 13.2 Å². The number of nitrogens with two attached hydrogens (primary N) is 1. The van der Waals surface area contributed by atoms with Gasteiger partial charge < -0.3 is 25.2 Å². The van der Waals surface area contributed by atoms with Crippen molar-refractivity contribution in [2.75, 3.05) is 19.8 Å². The lowest BCUT2D eigenvalue weighted by Crippen LogP contribution is -2.34. The molecular weight excluding hydrogens is 709 g/mol. The summed E-state index contributed by atoms with van der Waals surface area (Å²) < 4.78 is 32.7. The molecule has 0 spiro atoms. The van der Waals surface area contributed by atoms with Crippen molar-refractivity contribution in [3.63, 3.8) is 0 Å². The molecule has 0 heterocycles. The van der Waals surface area contributed by atoms with E-state index in [0.717, 1.165) is 38.5 Å². The molecule has 11 nitrogen and oxygen atoms in total. The quantitative estimate of drug-likeness (QED) is 0.0233. The van der Waals surface area contributed by atoms with Crippen molar-refractivity contribution in [3.8, 4) is 0 Å². The number of carbonyl (C=O) groups excluding carboxylic acids is 2. The van der Waals surface area contributed by atoms with Crippen LogP contribution < -0.4 is 5.73 Å². The van der Waals surface area contributed by atoms with Gasteiger partial charge >= 0.3 is 25.7 Å². The Hall–Kier alpha value is -1.78. The van der Waals surface area contributed by atoms with Gasteiger partial charge in [-0.3, -0.25) is 23.4 Å². The van der Waals surface area contributed by atoms with Crippen molar-refractivity contribution >= 4 is 25.7 Å². The number of hydrogen-bond acceptors (Lipinski definition) is 9. The Morgan fingerprint density at radius 2 is 0.926 bits per heavy atom. The van der Waals surface area contributed by atoms with E-state index in [0.29, 0.717) is 12.8 Å². The Kier molecular flexibility index (Phi) is 36.9. The van der Waals surface area contributed by atoms with Crippen molar-refractivity contribution in [2.24, 2.45) is 5.73 Å². The molecule has 0 aliphatic heterocycles. The van der Waals surface area contributed by atoms with Crippen LogP contribution in [-0.2, 0) is 37.5 Å². The van der Waals surface area contributed by atoms with Gasteiger partial charge in [0, 0.05) is 12.8 Å². The number of unbranched alkanes of at least 4 members (excludes halogenated alkanes) is 25. The van der Waals surface area contributed by atoms with Crippen LogP contribution in [-0.4, -0.2) is 59.9 Å². The number of ether oxygens (including phenoxy) is 2. The maximum absolute atomic E-state index is 12.6. The van der Waals surface area contributed by atoms with Gasteiger partial charge in [-0.25, -0.2) is 4.57 Å². The van der Waals surface area contributed by atoms with Crippen molar-refractivity contribution in [1.82, 2.24) is 0 Å². The Balaban J connectivity index is 4.37. The molecule has 0 aromatic heterocycles. The van der Waals surface area contributed by atoms with Gasteiger partial charge in [0.2, 0.25) is 0 Å². The number of carbonyl (C=O) groups is 3. The van der Waals surface area contributed by atoms with Crippen molar-refractivity contribution in [2.45, 2.75) is 219 Å². The molecule has 0 aliphatic carbocycles. The molecule has 3 atom stereocenters. The minimum Gasteiger partial charge on any atom is -0.480 e. The number of rotatable bonds is 41. The number of phosphoric acid groups is 1. The SMILES string of the molecule is CCCCCCCCCCC/C=C/CCCCC(=O)O[C@H](COC(=O)CCCCCCCCCCCCCCCCC)COP(=O)(O)OC[C@H](N)C(=O)O. The molecule has 0 saturated carbocycles. The summed E-state index contributed by atoms with van der Waals surface area (Å²) in [6, 6.07) is -1.52. The van der Waals surface area contributed by atoms with Gasteiger partial charge in [0.25, 0.3) is 0 Å². The highest BCUT2D eigenvalue weighted by Gasteiger charge is 2.28. The van der Waals surface area contributed by atoms with Gasteiger partial charge in [-0.1, -0.05) is 167 Å². The van der Waals surface area contributed by atoms with Gasteiger partial charge in [0.15, 0.2) is 6.10 Å². The number of phosphoric ester groups is 1. The van der Waals surface area contributed by atoms with E-state index < -0.39 is 51.1 Å². The summed E-state index contributed by atoms with van der Waals surface area (Å²) in [6.45, 7) is 2.80. The van der Waals surface area contributed by atoms with E-state index >= 15 is 0 Å². The lowest BCUT2D eigenvalue weighted by Gasteiger charge is -2.20. The molecule has 0 radical (unpaired) electrons. The maximum Gasteiger partial charge on any atom is 0.472 e. The van der Waals surface area contributed by atoms with Gasteiger partial charge in [-0.2, -0.15) is 0 Å². The average Bonchev–Trinajstić information content (AvgIpc) is 3.14. The van der Waals surface area contributed by atoms with Crippen LogP contribution in [0.4, 0.5) is 0 Å². The third-order valence-electron chi connectivity index (χ3n) is 9.51. The molecule has 0 aromatic rings. The van der Waals surface area contributed by atoms with E-state index in [2.05, 4.69) is 30.5 Å². The zero-order valence-corrected chi connectivity index (χ0v) is 35.2. The molecule has 0 saturated heterocycles. The summed E-state index contributed by atoms with van der Waals surface area (Å²) >= 11 is 0. The average molecular weight is 790 g/mol. The molecule has 0 bridgehead atoms. The number of aliphatic carboxylic acids is 1. The van der Waals surface area contributed by atoms with Gasteiger partial charge in [-0.05, 0) is 38.5 Å². The van der Waals surface area contributed by atoms with E-state index in [4.69, 9.17) is 24.8 Å². The third kappa shape index (κ3) is 37.2. The summed E-state index contributed by atoms with van der Waals surface area (Å²) in [5, 5.41) is 8.88. The fourth-order valence-electron chi connectivity index (χ4n) is 6.06. The first kappa shape index (κ1) is 52.2. The van der Waals surface area contributed by atoms with Crippen LogP contribution >= 0.6 is 7.82 Å². The summed E-state index contributed by atoms with van der Waals surface area (Å²) in [5.41, 5.74) is 5.33. The highest BCUT2D eigenvalue weighted by atomic mass is 31.2. The molecule has 0 aliphatic rings. The zero-order chi connectivity index (χ0) is 40.0. The maximum atomic E-state index is 12.6. The van der Waals surface area contributed by atoms with E-state index in [1.54, 1.807) is 0 Å². The summed E-state index contributed by atoms with van der Waals surface area (Å²) in [7, 11) is -4.71. The Morgan fingerprint density at radius 1 is 0.556 bits per heavy atom. The van der Waals surface area contributed by atoms with E-state index in [1.165, 1.54) is 128 Å². The van der Waals surface area contributed by atoms with Crippen LogP contribution in [0.25, 0.3) is 0 Å². The Labute approximate surface area is 328 Å². The zero-order valence-electron chi connectivity index (χ0n) is 34.3. The molecule has 0 amide bonds. The predicted octanol–water partition coefficient (Wildman–Crippen LogP) is 11.3. The van der Waals surface area contributed by atoms with Crippen LogP contribution in [0.1, 0.15) is 206 Å². The second-order valence-electron chi connectivity index (χ2n) is 14.8. The number of hydrogen-bond donors (Lipinski definition) is 3. The molecule has 54 heavy (non-hydrogen) atoms. The van der Waals surface area contributed by atoms with E-state index in [1.807, 2.05) is 0 Å². The summed E-state index contributed by atoms with van der Waals surface area (Å²) in [5.74, 6) is -2.39. The van der Waals surface area contributed by atoms with Crippen LogP contribution in [0.15, 0.2) is 12.2 Å². The molecule has 12 heteroatoms. The molecule has 4 N–H and O–H groups in total. The van der Waals surface area contributed by atoms with Crippen LogP contribution in [0.5, 0.6) is 0 Å². The fraction of sp³-hybridized carbons (Fsp3) is 0.881. The highest BCUT2D eigenvalue weighted by molar-refractivity contribution is 7.47. The van der Waals surface area contributed by atoms with Crippen molar-refractivity contribution < 1.29 is 47.5 Å². The first-order valence-electron chi connectivity index (χ1n) is 21.7. The smallest absolute Gasteiger partial charge is 0.472 e. The molecule has 0 rings (SSSR count). The normalized spacial score (nSPS) is 13.9. The third-order valence-corrected chi connectivity index (χ3v) is 10.5. The highest BCUT2D eigenvalue weighted by Crippen LogP contribution is 2.43. The lowest BCUT2D eigenvalue weighted by atomic mass is 10.0. The first-order chi connectivity index (χ1) is 26.1. The minimum absolute atomic E-state index is 0.135. The second-order valence-corrected chi connectivity index (χ2v) is 16.3. The summed E-state index contributed by atoms with van der Waals surface area (Å²) in [6.07, 6.45) is 37.0. The van der Waals surface area contributed by atoms with Gasteiger partial charge in [0.1, 0.15) is 12.6 Å². The predicted molar refractivity (Wildman–Crippen MR) is 217 cm³/mol. The van der Waals surface area contributed by atoms with Crippen molar-refractivity contribution in [3.05, 3.63) is 12.2 Å². The van der Waals surface area contributed by atoms with Crippen LogP contribution in [0.2, 0.25) is 0 Å². The minimum atomic E-state index is -4.71. The molecule has 318 valence electrons. The fourth-order valence-corrected chi connectivity index (χ4v) is 6.84. The molecule has 0 aromatic carbocycles. The number of allylic oxidation sites excluding steroid dienone is 2. The van der Waals surface area contributed by atoms with Crippen molar-refractivity contribution in [1.29, 1.82) is 0 Å². The van der Waals surface area contributed by atoms with E-state index in [-0.39, 0.29) is 19.4 Å².